The molecule has 0 radical (unpaired) electrons. The second kappa shape index (κ2) is 13.3. The van der Waals surface area contributed by atoms with E-state index in [0.717, 1.165) is 64.6 Å². The summed E-state index contributed by atoms with van der Waals surface area (Å²) in [5, 5.41) is 3.95. The van der Waals surface area contributed by atoms with E-state index in [0.29, 0.717) is 24.1 Å². The lowest BCUT2D eigenvalue weighted by molar-refractivity contribution is -0.135. The molecule has 3 heterocycles. The first-order valence-electron chi connectivity index (χ1n) is 10.9. The van der Waals surface area contributed by atoms with E-state index in [9.17, 15) is 4.79 Å². The number of aliphatic imine (C=N–C) groups is 1. The van der Waals surface area contributed by atoms with Crippen LogP contribution in [0.15, 0.2) is 23.3 Å². The predicted molar refractivity (Wildman–Crippen MR) is 135 cm³/mol. The standard InChI is InChI=1S/C21H33ClN6O2.HI/c1-3-23-21(24-8-15-30-19-7-6-18(22)16-25-19)28-13-11-26(12-14-28)17(2)20(29)27-9-4-5-10-27;/h6-7,16-17H,3-5,8-15H2,1-2H3,(H,23,24);1H. The van der Waals surface area contributed by atoms with Crippen molar-refractivity contribution in [1.29, 1.82) is 0 Å². The van der Waals surface area contributed by atoms with Gasteiger partial charge in [0.05, 0.1) is 17.6 Å². The van der Waals surface area contributed by atoms with Crippen molar-refractivity contribution >= 4 is 47.4 Å². The van der Waals surface area contributed by atoms with Crippen LogP contribution in [0.1, 0.15) is 26.7 Å². The van der Waals surface area contributed by atoms with Crippen molar-refractivity contribution in [3.8, 4) is 5.88 Å². The molecule has 3 rings (SSSR count). The van der Waals surface area contributed by atoms with Crippen LogP contribution in [0.2, 0.25) is 5.02 Å². The SMILES string of the molecule is CCNC(=NCCOc1ccc(Cl)cn1)N1CCN(C(C)C(=O)N2CCCC2)CC1.I. The summed E-state index contributed by atoms with van der Waals surface area (Å²) in [6.45, 7) is 11.1. The van der Waals surface area contributed by atoms with Gasteiger partial charge in [0.15, 0.2) is 5.96 Å². The summed E-state index contributed by atoms with van der Waals surface area (Å²) >= 11 is 5.84. The lowest BCUT2D eigenvalue weighted by Gasteiger charge is -2.39. The van der Waals surface area contributed by atoms with Crippen molar-refractivity contribution in [3.63, 3.8) is 0 Å². The average Bonchev–Trinajstić information content (AvgIpc) is 3.31. The highest BCUT2D eigenvalue weighted by atomic mass is 127. The Morgan fingerprint density at radius 3 is 2.52 bits per heavy atom. The molecule has 0 spiro atoms. The second-order valence-electron chi connectivity index (χ2n) is 7.63. The number of hydrogen-bond donors (Lipinski definition) is 1. The maximum atomic E-state index is 12.7. The van der Waals surface area contributed by atoms with Crippen LogP contribution in [0.3, 0.4) is 0 Å². The normalized spacial score (nSPS) is 18.5. The Morgan fingerprint density at radius 1 is 1.19 bits per heavy atom. The Hall–Kier alpha value is -1.33. The third kappa shape index (κ3) is 7.64. The van der Waals surface area contributed by atoms with Gasteiger partial charge in [0.1, 0.15) is 6.61 Å². The Kier molecular flexibility index (Phi) is 11.1. The highest BCUT2D eigenvalue weighted by Crippen LogP contribution is 2.14. The van der Waals surface area contributed by atoms with Gasteiger partial charge in [0.2, 0.25) is 11.8 Å². The monoisotopic (exact) mass is 564 g/mol. The van der Waals surface area contributed by atoms with Crippen LogP contribution >= 0.6 is 35.6 Å². The maximum absolute atomic E-state index is 12.7. The van der Waals surface area contributed by atoms with Crippen molar-refractivity contribution in [2.75, 3.05) is 59.0 Å². The lowest BCUT2D eigenvalue weighted by atomic mass is 10.2. The van der Waals surface area contributed by atoms with Gasteiger partial charge in [-0.15, -0.1) is 24.0 Å². The molecule has 1 atom stereocenters. The van der Waals surface area contributed by atoms with E-state index in [4.69, 9.17) is 21.3 Å². The van der Waals surface area contributed by atoms with Gasteiger partial charge >= 0.3 is 0 Å². The molecule has 2 saturated heterocycles. The summed E-state index contributed by atoms with van der Waals surface area (Å²) in [7, 11) is 0. The number of pyridine rings is 1. The van der Waals surface area contributed by atoms with Gasteiger partial charge in [-0.1, -0.05) is 11.6 Å². The molecule has 1 amide bonds. The molecule has 1 aromatic heterocycles. The number of carbonyl (C=O) groups is 1. The van der Waals surface area contributed by atoms with Crippen molar-refractivity contribution in [2.24, 2.45) is 4.99 Å². The summed E-state index contributed by atoms with van der Waals surface area (Å²) in [5.41, 5.74) is 0. The summed E-state index contributed by atoms with van der Waals surface area (Å²) in [6, 6.07) is 3.46. The molecule has 31 heavy (non-hydrogen) atoms. The zero-order chi connectivity index (χ0) is 21.3. The zero-order valence-electron chi connectivity index (χ0n) is 18.4. The Balaban J connectivity index is 0.00000341. The van der Waals surface area contributed by atoms with E-state index in [1.807, 2.05) is 11.8 Å². The van der Waals surface area contributed by atoms with Gasteiger partial charge in [-0.3, -0.25) is 9.69 Å². The van der Waals surface area contributed by atoms with Crippen molar-refractivity contribution in [1.82, 2.24) is 25.0 Å². The van der Waals surface area contributed by atoms with Crippen LogP contribution < -0.4 is 10.1 Å². The first-order chi connectivity index (χ1) is 14.6. The molecule has 1 unspecified atom stereocenters. The third-order valence-electron chi connectivity index (χ3n) is 5.57. The number of likely N-dealkylation sites (tertiary alicyclic amines) is 1. The first kappa shape index (κ1) is 25.9. The highest BCUT2D eigenvalue weighted by molar-refractivity contribution is 14.0. The van der Waals surface area contributed by atoms with Crippen molar-refractivity contribution in [2.45, 2.75) is 32.7 Å². The average molecular weight is 565 g/mol. The van der Waals surface area contributed by atoms with Gasteiger partial charge in [0.25, 0.3) is 0 Å². The minimum Gasteiger partial charge on any atom is -0.476 e. The number of aromatic nitrogens is 1. The Labute approximate surface area is 207 Å². The molecule has 2 aliphatic heterocycles. The number of ether oxygens (including phenoxy) is 1. The number of guanidine groups is 1. The maximum Gasteiger partial charge on any atom is 0.239 e. The van der Waals surface area contributed by atoms with E-state index >= 15 is 0 Å². The first-order valence-corrected chi connectivity index (χ1v) is 11.3. The van der Waals surface area contributed by atoms with E-state index in [1.165, 1.54) is 0 Å². The third-order valence-corrected chi connectivity index (χ3v) is 5.80. The fraction of sp³-hybridized carbons (Fsp3) is 0.667. The largest absolute Gasteiger partial charge is 0.476 e. The van der Waals surface area contributed by atoms with E-state index < -0.39 is 0 Å². The molecule has 1 N–H and O–H groups in total. The van der Waals surface area contributed by atoms with E-state index in [2.05, 4.69) is 27.0 Å². The van der Waals surface area contributed by atoms with Gasteiger partial charge in [-0.2, -0.15) is 0 Å². The fourth-order valence-corrected chi connectivity index (χ4v) is 3.97. The molecule has 174 valence electrons. The van der Waals surface area contributed by atoms with Crippen LogP contribution in [-0.4, -0.2) is 96.6 Å². The molecule has 0 aromatic carbocycles. The number of amides is 1. The number of piperazine rings is 1. The molecule has 0 bridgehead atoms. The lowest BCUT2D eigenvalue weighted by Crippen LogP contribution is -2.57. The molecule has 0 saturated carbocycles. The molecule has 2 aliphatic rings. The van der Waals surface area contributed by atoms with Crippen LogP contribution in [0.5, 0.6) is 5.88 Å². The van der Waals surface area contributed by atoms with Crippen LogP contribution in [0.25, 0.3) is 0 Å². The van der Waals surface area contributed by atoms with Gasteiger partial charge < -0.3 is 19.9 Å². The van der Waals surface area contributed by atoms with Crippen LogP contribution in [-0.2, 0) is 4.79 Å². The number of hydrogen-bond acceptors (Lipinski definition) is 5. The minimum atomic E-state index is -0.0509. The van der Waals surface area contributed by atoms with Gasteiger partial charge in [-0.05, 0) is 32.8 Å². The number of nitrogens with one attached hydrogen (secondary N) is 1. The zero-order valence-corrected chi connectivity index (χ0v) is 21.5. The Bertz CT molecular complexity index is 706. The number of carbonyl (C=O) groups excluding carboxylic acids is 1. The smallest absolute Gasteiger partial charge is 0.239 e. The highest BCUT2D eigenvalue weighted by Gasteiger charge is 2.30. The van der Waals surface area contributed by atoms with Crippen LogP contribution in [0.4, 0.5) is 0 Å². The summed E-state index contributed by atoms with van der Waals surface area (Å²) in [5.74, 6) is 1.71. The molecule has 10 heteroatoms. The summed E-state index contributed by atoms with van der Waals surface area (Å²) < 4.78 is 5.63. The predicted octanol–water partition coefficient (Wildman–Crippen LogP) is 2.33. The molecular weight excluding hydrogens is 531 g/mol. The molecule has 2 fully saturated rings. The van der Waals surface area contributed by atoms with E-state index in [-0.39, 0.29) is 35.9 Å². The van der Waals surface area contributed by atoms with Crippen molar-refractivity contribution < 1.29 is 9.53 Å². The fourth-order valence-electron chi connectivity index (χ4n) is 3.85. The number of halogens is 2. The van der Waals surface area contributed by atoms with Crippen LogP contribution in [0, 0.1) is 0 Å². The van der Waals surface area contributed by atoms with Gasteiger partial charge in [-0.25, -0.2) is 9.98 Å². The summed E-state index contributed by atoms with van der Waals surface area (Å²) in [6.07, 6.45) is 3.83. The van der Waals surface area contributed by atoms with Crippen molar-refractivity contribution in [3.05, 3.63) is 23.4 Å². The molecule has 1 aromatic rings. The Morgan fingerprint density at radius 2 is 1.90 bits per heavy atom. The quantitative estimate of drug-likeness (QED) is 0.237. The van der Waals surface area contributed by atoms with E-state index in [1.54, 1.807) is 18.3 Å². The molecule has 8 nitrogen and oxygen atoms in total. The number of rotatable bonds is 7. The molecule has 0 aliphatic carbocycles. The molecular formula is C21H34ClIN6O2. The summed E-state index contributed by atoms with van der Waals surface area (Å²) in [4.78, 5) is 28.1. The second-order valence-corrected chi connectivity index (χ2v) is 8.07. The van der Waals surface area contributed by atoms with Gasteiger partial charge in [0, 0.05) is 58.1 Å². The number of nitrogens with zero attached hydrogens (tertiary/aromatic N) is 5. The topological polar surface area (TPSA) is 73.3 Å². The minimum absolute atomic E-state index is 0.